The molecule has 1 amide bonds. The number of rotatable bonds is 6. The van der Waals surface area contributed by atoms with E-state index in [0.29, 0.717) is 23.6 Å². The maximum Gasteiger partial charge on any atom is 0.449 e. The van der Waals surface area contributed by atoms with Crippen molar-refractivity contribution in [2.24, 2.45) is 5.92 Å². The molecule has 1 aromatic carbocycles. The van der Waals surface area contributed by atoms with Gasteiger partial charge in [-0.3, -0.25) is 4.79 Å². The van der Waals surface area contributed by atoms with Gasteiger partial charge < -0.3 is 9.88 Å². The van der Waals surface area contributed by atoms with Gasteiger partial charge in [-0.05, 0) is 42.2 Å². The number of amides is 1. The Balaban J connectivity index is 1.80. The number of carbonyl (C=O) groups is 1. The maximum absolute atomic E-state index is 13.4. The second-order valence-corrected chi connectivity index (χ2v) is 7.00. The van der Waals surface area contributed by atoms with Crippen LogP contribution >= 0.6 is 0 Å². The van der Waals surface area contributed by atoms with Crippen LogP contribution in [0.3, 0.4) is 0 Å². The van der Waals surface area contributed by atoms with E-state index in [0.717, 1.165) is 11.0 Å². The van der Waals surface area contributed by atoms with Gasteiger partial charge >= 0.3 is 6.18 Å². The number of fused-ring (bicyclic) bond motifs is 1. The number of hydrogen-bond acceptors (Lipinski definition) is 3. The molecule has 0 radical (unpaired) electrons. The third kappa shape index (κ3) is 4.49. The van der Waals surface area contributed by atoms with E-state index in [1.165, 1.54) is 12.3 Å². The fourth-order valence-electron chi connectivity index (χ4n) is 2.85. The average Bonchev–Trinajstić information content (AvgIpc) is 3.01. The van der Waals surface area contributed by atoms with Crippen molar-refractivity contribution in [1.29, 1.82) is 0 Å². The van der Waals surface area contributed by atoms with Gasteiger partial charge in [0.25, 0.3) is 5.91 Å². The molecule has 0 bridgehead atoms. The van der Waals surface area contributed by atoms with Crippen LogP contribution in [0.25, 0.3) is 11.2 Å². The molecule has 5 nitrogen and oxygen atoms in total. The van der Waals surface area contributed by atoms with Crippen molar-refractivity contribution in [3.8, 4) is 0 Å². The van der Waals surface area contributed by atoms with Crippen LogP contribution in [-0.2, 0) is 12.7 Å². The molecule has 148 valence electrons. The van der Waals surface area contributed by atoms with Crippen molar-refractivity contribution in [3.05, 3.63) is 59.5 Å². The molecule has 3 rings (SSSR count). The summed E-state index contributed by atoms with van der Waals surface area (Å²) in [5.74, 6) is -0.696. The van der Waals surface area contributed by atoms with Crippen LogP contribution in [0.1, 0.15) is 42.0 Å². The lowest BCUT2D eigenvalue weighted by Crippen LogP contribution is -2.25. The van der Waals surface area contributed by atoms with Gasteiger partial charge in [0.15, 0.2) is 5.65 Å². The summed E-state index contributed by atoms with van der Waals surface area (Å²) in [7, 11) is 0. The number of alkyl halides is 3. The Morgan fingerprint density at radius 1 is 1.18 bits per heavy atom. The lowest BCUT2D eigenvalue weighted by Gasteiger charge is -2.11. The van der Waals surface area contributed by atoms with E-state index in [4.69, 9.17) is 0 Å². The zero-order valence-corrected chi connectivity index (χ0v) is 15.6. The molecule has 28 heavy (non-hydrogen) atoms. The normalized spacial score (nSPS) is 11.9. The Labute approximate surface area is 160 Å². The van der Waals surface area contributed by atoms with Gasteiger partial charge in [0.05, 0.1) is 6.54 Å². The molecule has 0 atom stereocenters. The molecule has 0 aliphatic heterocycles. The number of nitrogens with zero attached hydrogens (tertiary/aromatic N) is 3. The first-order valence-corrected chi connectivity index (χ1v) is 9.01. The van der Waals surface area contributed by atoms with Gasteiger partial charge in [-0.25, -0.2) is 9.97 Å². The van der Waals surface area contributed by atoms with Crippen LogP contribution in [-0.4, -0.2) is 27.0 Å². The molecule has 0 aliphatic rings. The Hall–Kier alpha value is -2.90. The molecular weight excluding hydrogens is 369 g/mol. The molecule has 8 heteroatoms. The summed E-state index contributed by atoms with van der Waals surface area (Å²) in [4.78, 5) is 19.9. The lowest BCUT2D eigenvalue weighted by atomic mass is 10.1. The Morgan fingerprint density at radius 2 is 1.89 bits per heavy atom. The van der Waals surface area contributed by atoms with E-state index >= 15 is 0 Å². The topological polar surface area (TPSA) is 59.8 Å². The number of carbonyl (C=O) groups excluding carboxylic acids is 1. The minimum absolute atomic E-state index is 0.0440. The number of hydrogen-bond donors (Lipinski definition) is 1. The van der Waals surface area contributed by atoms with E-state index in [1.807, 2.05) is 0 Å². The molecule has 0 unspecified atom stereocenters. The highest BCUT2D eigenvalue weighted by atomic mass is 19.4. The highest BCUT2D eigenvalue weighted by Gasteiger charge is 2.37. The number of benzene rings is 1. The number of imidazole rings is 1. The van der Waals surface area contributed by atoms with Crippen LogP contribution in [0.4, 0.5) is 13.2 Å². The standard InChI is InChI=1S/C20H21F3N4O/c1-13(2)9-11-25-18(28)15-7-5-14(6-8-15)12-27-17-16(4-3-10-24-17)26-19(27)20(21,22)23/h3-8,10,13H,9,11-12H2,1-2H3,(H,25,28). The van der Waals surface area contributed by atoms with Crippen molar-refractivity contribution < 1.29 is 18.0 Å². The van der Waals surface area contributed by atoms with Gasteiger partial charge in [0.2, 0.25) is 5.82 Å². The summed E-state index contributed by atoms with van der Waals surface area (Å²) in [5.41, 5.74) is 1.45. The van der Waals surface area contributed by atoms with Gasteiger partial charge in [0, 0.05) is 18.3 Å². The summed E-state index contributed by atoms with van der Waals surface area (Å²) in [6, 6.07) is 9.56. The Kier molecular flexibility index (Phi) is 5.67. The second-order valence-electron chi connectivity index (χ2n) is 7.00. The first kappa shape index (κ1) is 19.9. The average molecular weight is 390 g/mol. The number of halogens is 3. The highest BCUT2D eigenvalue weighted by Crippen LogP contribution is 2.31. The van der Waals surface area contributed by atoms with Crippen molar-refractivity contribution in [1.82, 2.24) is 19.9 Å². The third-order valence-electron chi connectivity index (χ3n) is 4.32. The van der Waals surface area contributed by atoms with Gasteiger partial charge in [0.1, 0.15) is 5.52 Å². The smallest absolute Gasteiger partial charge is 0.352 e. The van der Waals surface area contributed by atoms with E-state index < -0.39 is 12.0 Å². The fourth-order valence-corrected chi connectivity index (χ4v) is 2.85. The molecule has 0 saturated heterocycles. The Bertz CT molecular complexity index is 962. The summed E-state index contributed by atoms with van der Waals surface area (Å²) in [6.07, 6.45) is -2.27. The largest absolute Gasteiger partial charge is 0.449 e. The third-order valence-corrected chi connectivity index (χ3v) is 4.32. The Morgan fingerprint density at radius 3 is 2.54 bits per heavy atom. The second kappa shape index (κ2) is 8.00. The molecule has 3 aromatic rings. The van der Waals surface area contributed by atoms with E-state index in [1.54, 1.807) is 30.3 Å². The van der Waals surface area contributed by atoms with Gasteiger partial charge in [-0.1, -0.05) is 26.0 Å². The highest BCUT2D eigenvalue weighted by molar-refractivity contribution is 5.94. The van der Waals surface area contributed by atoms with Crippen LogP contribution in [0.5, 0.6) is 0 Å². The first-order valence-electron chi connectivity index (χ1n) is 9.01. The molecular formula is C20H21F3N4O. The van der Waals surface area contributed by atoms with Crippen molar-refractivity contribution >= 4 is 17.1 Å². The molecule has 0 spiro atoms. The monoisotopic (exact) mass is 390 g/mol. The predicted octanol–water partition coefficient (Wildman–Crippen LogP) is 4.27. The van der Waals surface area contributed by atoms with Crippen molar-refractivity contribution in [3.63, 3.8) is 0 Å². The molecule has 2 aromatic heterocycles. The minimum Gasteiger partial charge on any atom is -0.352 e. The lowest BCUT2D eigenvalue weighted by molar-refractivity contribution is -0.146. The molecule has 0 aliphatic carbocycles. The number of pyridine rings is 1. The van der Waals surface area contributed by atoms with E-state index in [2.05, 4.69) is 29.1 Å². The quantitative estimate of drug-likeness (QED) is 0.684. The van der Waals surface area contributed by atoms with E-state index in [9.17, 15) is 18.0 Å². The molecule has 2 heterocycles. The van der Waals surface area contributed by atoms with Gasteiger partial charge in [-0.2, -0.15) is 13.2 Å². The summed E-state index contributed by atoms with van der Waals surface area (Å²) >= 11 is 0. The fraction of sp³-hybridized carbons (Fsp3) is 0.350. The van der Waals surface area contributed by atoms with Crippen molar-refractivity contribution in [2.75, 3.05) is 6.54 Å². The van der Waals surface area contributed by atoms with E-state index in [-0.39, 0.29) is 23.6 Å². The number of aromatic nitrogens is 3. The van der Waals surface area contributed by atoms with Crippen molar-refractivity contribution in [2.45, 2.75) is 33.0 Å². The van der Waals surface area contributed by atoms with Crippen LogP contribution < -0.4 is 5.32 Å². The first-order chi connectivity index (χ1) is 13.3. The molecule has 0 saturated carbocycles. The SMILES string of the molecule is CC(C)CCNC(=O)c1ccc(Cn2c(C(F)(F)F)nc3cccnc32)cc1. The minimum atomic E-state index is -4.59. The zero-order chi connectivity index (χ0) is 20.3. The molecule has 1 N–H and O–H groups in total. The maximum atomic E-state index is 13.4. The van der Waals surface area contributed by atoms with Crippen LogP contribution in [0.2, 0.25) is 0 Å². The summed E-state index contributed by atoms with van der Waals surface area (Å²) < 4.78 is 41.2. The van der Waals surface area contributed by atoms with Crippen LogP contribution in [0, 0.1) is 5.92 Å². The summed E-state index contributed by atoms with van der Waals surface area (Å²) in [5, 5.41) is 2.84. The molecule has 0 fully saturated rings. The zero-order valence-electron chi connectivity index (χ0n) is 15.6. The summed E-state index contributed by atoms with van der Waals surface area (Å²) in [6.45, 7) is 4.69. The van der Waals surface area contributed by atoms with Gasteiger partial charge in [-0.15, -0.1) is 0 Å². The number of nitrogens with one attached hydrogen (secondary N) is 1. The van der Waals surface area contributed by atoms with Crippen LogP contribution in [0.15, 0.2) is 42.6 Å². The predicted molar refractivity (Wildman–Crippen MR) is 99.9 cm³/mol.